The maximum absolute atomic E-state index is 9.27. The van der Waals surface area contributed by atoms with Gasteiger partial charge in [-0.15, -0.1) is 0 Å². The van der Waals surface area contributed by atoms with E-state index in [2.05, 4.69) is 22.6 Å². The van der Waals surface area contributed by atoms with E-state index in [-0.39, 0.29) is 0 Å². The van der Waals surface area contributed by atoms with Gasteiger partial charge in [-0.25, -0.2) is 4.98 Å². The van der Waals surface area contributed by atoms with E-state index in [0.29, 0.717) is 11.6 Å². The molecular formula is C15H21N3S. The highest BCUT2D eigenvalue weighted by atomic mass is 32.2. The number of hydrogen-bond acceptors (Lipinski definition) is 4. The molecule has 0 spiro atoms. The quantitative estimate of drug-likeness (QED) is 0.914. The van der Waals surface area contributed by atoms with Crippen LogP contribution in [0.3, 0.4) is 0 Å². The molecule has 1 saturated carbocycles. The van der Waals surface area contributed by atoms with Crippen LogP contribution in [-0.4, -0.2) is 22.5 Å². The first-order valence-corrected chi connectivity index (χ1v) is 8.10. The first kappa shape index (κ1) is 14.2. The number of rotatable bonds is 3. The van der Waals surface area contributed by atoms with Gasteiger partial charge in [0.1, 0.15) is 11.9 Å². The molecule has 1 aromatic rings. The van der Waals surface area contributed by atoms with Crippen LogP contribution in [0, 0.1) is 25.2 Å². The Balaban J connectivity index is 2.10. The van der Waals surface area contributed by atoms with Crippen molar-refractivity contribution in [2.24, 2.45) is 0 Å². The molecule has 102 valence electrons. The van der Waals surface area contributed by atoms with Gasteiger partial charge in [0, 0.05) is 17.0 Å². The van der Waals surface area contributed by atoms with Crippen LogP contribution in [-0.2, 0) is 0 Å². The van der Waals surface area contributed by atoms with Gasteiger partial charge in [0.15, 0.2) is 0 Å². The summed E-state index contributed by atoms with van der Waals surface area (Å²) in [6.45, 7) is 3.95. The van der Waals surface area contributed by atoms with E-state index >= 15 is 0 Å². The van der Waals surface area contributed by atoms with Crippen LogP contribution < -0.4 is 5.32 Å². The summed E-state index contributed by atoms with van der Waals surface area (Å²) in [5.41, 5.74) is 2.67. The van der Waals surface area contributed by atoms with Gasteiger partial charge in [0.25, 0.3) is 0 Å². The lowest BCUT2D eigenvalue weighted by atomic mass is 9.94. The molecule has 0 unspecified atom stereocenters. The molecule has 2 rings (SSSR count). The smallest absolute Gasteiger partial charge is 0.144 e. The maximum Gasteiger partial charge on any atom is 0.144 e. The van der Waals surface area contributed by atoms with Crippen LogP contribution in [0.1, 0.15) is 42.5 Å². The van der Waals surface area contributed by atoms with Gasteiger partial charge in [-0.2, -0.15) is 17.0 Å². The van der Waals surface area contributed by atoms with Crippen molar-refractivity contribution in [1.29, 1.82) is 5.26 Å². The van der Waals surface area contributed by atoms with Crippen LogP contribution in [0.2, 0.25) is 0 Å². The SMILES string of the molecule is CSC1CCC(Nc2nc(C)cc(C)c2C#N)CC1. The lowest BCUT2D eigenvalue weighted by Gasteiger charge is -2.28. The number of hydrogen-bond donors (Lipinski definition) is 1. The zero-order valence-corrected chi connectivity index (χ0v) is 12.7. The zero-order valence-electron chi connectivity index (χ0n) is 11.9. The van der Waals surface area contributed by atoms with Gasteiger partial charge in [-0.1, -0.05) is 0 Å². The molecular weight excluding hydrogens is 254 g/mol. The fourth-order valence-electron chi connectivity index (χ4n) is 2.72. The Morgan fingerprint density at radius 1 is 1.32 bits per heavy atom. The van der Waals surface area contributed by atoms with Crippen LogP contribution in [0.5, 0.6) is 0 Å². The fraction of sp³-hybridized carbons (Fsp3) is 0.600. The second kappa shape index (κ2) is 6.29. The number of nitrogens with one attached hydrogen (secondary N) is 1. The van der Waals surface area contributed by atoms with E-state index in [0.717, 1.165) is 22.3 Å². The molecule has 0 aliphatic heterocycles. The van der Waals surface area contributed by atoms with Gasteiger partial charge in [-0.3, -0.25) is 0 Å². The molecule has 0 amide bonds. The Hall–Kier alpha value is -1.21. The number of pyridine rings is 1. The predicted molar refractivity (Wildman–Crippen MR) is 81.6 cm³/mol. The Labute approximate surface area is 119 Å². The molecule has 0 bridgehead atoms. The number of thioether (sulfide) groups is 1. The van der Waals surface area contributed by atoms with Crippen molar-refractivity contribution >= 4 is 17.6 Å². The molecule has 1 N–H and O–H groups in total. The normalized spacial score (nSPS) is 22.8. The second-order valence-corrected chi connectivity index (χ2v) is 6.41. The summed E-state index contributed by atoms with van der Waals surface area (Å²) >= 11 is 1.97. The van der Waals surface area contributed by atoms with Gasteiger partial charge in [-0.05, 0) is 57.4 Å². The summed E-state index contributed by atoms with van der Waals surface area (Å²) in [5.74, 6) is 0.771. The van der Waals surface area contributed by atoms with Crippen molar-refractivity contribution in [3.05, 3.63) is 22.9 Å². The summed E-state index contributed by atoms with van der Waals surface area (Å²) in [7, 11) is 0. The van der Waals surface area contributed by atoms with E-state index in [1.54, 1.807) is 0 Å². The van der Waals surface area contributed by atoms with Crippen LogP contribution in [0.15, 0.2) is 6.07 Å². The van der Waals surface area contributed by atoms with Crippen molar-refractivity contribution in [3.63, 3.8) is 0 Å². The average molecular weight is 275 g/mol. The van der Waals surface area contributed by atoms with Gasteiger partial charge in [0.2, 0.25) is 0 Å². The number of aromatic nitrogens is 1. The lowest BCUT2D eigenvalue weighted by Crippen LogP contribution is -2.28. The summed E-state index contributed by atoms with van der Waals surface area (Å²) in [4.78, 5) is 4.50. The predicted octanol–water partition coefficient (Wildman–Crippen LogP) is 3.66. The van der Waals surface area contributed by atoms with E-state index in [9.17, 15) is 5.26 Å². The van der Waals surface area contributed by atoms with Crippen LogP contribution in [0.25, 0.3) is 0 Å². The molecule has 1 heterocycles. The van der Waals surface area contributed by atoms with Crippen LogP contribution >= 0.6 is 11.8 Å². The van der Waals surface area contributed by atoms with Crippen LogP contribution in [0.4, 0.5) is 5.82 Å². The molecule has 19 heavy (non-hydrogen) atoms. The molecule has 1 fully saturated rings. The Morgan fingerprint density at radius 2 is 2.00 bits per heavy atom. The first-order chi connectivity index (χ1) is 9.13. The molecule has 0 aromatic carbocycles. The molecule has 1 aromatic heterocycles. The molecule has 0 radical (unpaired) electrons. The highest BCUT2D eigenvalue weighted by molar-refractivity contribution is 7.99. The van der Waals surface area contributed by atoms with E-state index in [1.807, 2.05) is 31.7 Å². The number of aryl methyl sites for hydroxylation is 2. The molecule has 4 heteroatoms. The standard InChI is InChI=1S/C15H21N3S/c1-10-8-11(2)17-15(14(10)9-16)18-12-4-6-13(19-3)7-5-12/h8,12-13H,4-7H2,1-3H3,(H,17,18). The van der Waals surface area contributed by atoms with Crippen molar-refractivity contribution < 1.29 is 0 Å². The van der Waals surface area contributed by atoms with Crippen molar-refractivity contribution in [2.75, 3.05) is 11.6 Å². The highest BCUT2D eigenvalue weighted by Crippen LogP contribution is 2.29. The largest absolute Gasteiger partial charge is 0.366 e. The lowest BCUT2D eigenvalue weighted by molar-refractivity contribution is 0.472. The maximum atomic E-state index is 9.27. The number of nitriles is 1. The minimum absolute atomic E-state index is 0.462. The number of anilines is 1. The van der Waals surface area contributed by atoms with Gasteiger partial charge >= 0.3 is 0 Å². The van der Waals surface area contributed by atoms with Crippen molar-refractivity contribution in [1.82, 2.24) is 4.98 Å². The second-order valence-electron chi connectivity index (χ2n) is 5.27. The molecule has 1 aliphatic carbocycles. The molecule has 3 nitrogen and oxygen atoms in total. The minimum Gasteiger partial charge on any atom is -0.366 e. The third kappa shape index (κ3) is 3.42. The Morgan fingerprint density at radius 3 is 2.58 bits per heavy atom. The highest BCUT2D eigenvalue weighted by Gasteiger charge is 2.21. The summed E-state index contributed by atoms with van der Waals surface area (Å²) in [5, 5.41) is 13.6. The summed E-state index contributed by atoms with van der Waals surface area (Å²) in [6.07, 6.45) is 7.05. The summed E-state index contributed by atoms with van der Waals surface area (Å²) in [6, 6.07) is 4.70. The van der Waals surface area contributed by atoms with E-state index in [4.69, 9.17) is 0 Å². The third-order valence-electron chi connectivity index (χ3n) is 3.80. The number of nitrogens with zero attached hydrogens (tertiary/aromatic N) is 2. The topological polar surface area (TPSA) is 48.7 Å². The zero-order chi connectivity index (χ0) is 13.8. The molecule has 0 saturated heterocycles. The van der Waals surface area contributed by atoms with Gasteiger partial charge < -0.3 is 5.32 Å². The van der Waals surface area contributed by atoms with E-state index < -0.39 is 0 Å². The average Bonchev–Trinajstić information content (AvgIpc) is 2.39. The Bertz CT molecular complexity index is 485. The van der Waals surface area contributed by atoms with Crippen molar-refractivity contribution in [2.45, 2.75) is 50.8 Å². The Kier molecular flexibility index (Phi) is 4.71. The summed E-state index contributed by atoms with van der Waals surface area (Å²) < 4.78 is 0. The molecule has 1 aliphatic rings. The first-order valence-electron chi connectivity index (χ1n) is 6.81. The third-order valence-corrected chi connectivity index (χ3v) is 4.94. The van der Waals surface area contributed by atoms with Crippen molar-refractivity contribution in [3.8, 4) is 6.07 Å². The minimum atomic E-state index is 0.462. The van der Waals surface area contributed by atoms with Gasteiger partial charge in [0.05, 0.1) is 5.56 Å². The van der Waals surface area contributed by atoms with E-state index in [1.165, 1.54) is 25.7 Å². The monoisotopic (exact) mass is 275 g/mol. The fourth-order valence-corrected chi connectivity index (χ4v) is 3.46. The molecule has 0 atom stereocenters.